The Hall–Kier alpha value is -3.55. The molecule has 0 unspecified atom stereocenters. The van der Waals surface area contributed by atoms with Crippen molar-refractivity contribution in [1.82, 2.24) is 20.2 Å². The Kier molecular flexibility index (Phi) is 5.10. The topological polar surface area (TPSA) is 102 Å². The first-order valence-electron chi connectivity index (χ1n) is 7.52. The predicted octanol–water partition coefficient (Wildman–Crippen LogP) is 2.41. The number of pyridine rings is 1. The summed E-state index contributed by atoms with van der Waals surface area (Å²) < 4.78 is 4.67. The second kappa shape index (κ2) is 7.82. The van der Waals surface area contributed by atoms with Gasteiger partial charge in [0.15, 0.2) is 5.82 Å². The minimum absolute atomic E-state index is 0.352. The van der Waals surface area contributed by atoms with Crippen LogP contribution in [-0.2, 0) is 11.3 Å². The zero-order chi connectivity index (χ0) is 17.5. The minimum Gasteiger partial charge on any atom is -0.465 e. The molecule has 25 heavy (non-hydrogen) atoms. The third-order valence-electron chi connectivity index (χ3n) is 3.34. The van der Waals surface area contributed by atoms with Gasteiger partial charge in [-0.3, -0.25) is 4.98 Å². The zero-order valence-corrected chi connectivity index (χ0v) is 13.5. The van der Waals surface area contributed by atoms with E-state index in [1.165, 1.54) is 7.11 Å². The SMILES string of the molecule is COC(=O)c1ccc(Nc2nncc(NCc3ccncc3)n2)cc1. The number of esters is 1. The molecule has 8 nitrogen and oxygen atoms in total. The number of rotatable bonds is 6. The van der Waals surface area contributed by atoms with Gasteiger partial charge >= 0.3 is 5.97 Å². The summed E-state index contributed by atoms with van der Waals surface area (Å²) in [5.41, 5.74) is 2.29. The van der Waals surface area contributed by atoms with Gasteiger partial charge in [0.1, 0.15) is 0 Å². The molecule has 0 fully saturated rings. The molecule has 0 bridgehead atoms. The van der Waals surface area contributed by atoms with Gasteiger partial charge in [-0.25, -0.2) is 4.79 Å². The Morgan fingerprint density at radius 3 is 2.60 bits per heavy atom. The van der Waals surface area contributed by atoms with Gasteiger partial charge in [-0.1, -0.05) is 0 Å². The van der Waals surface area contributed by atoms with E-state index < -0.39 is 0 Å². The molecular weight excluding hydrogens is 320 g/mol. The maximum atomic E-state index is 11.4. The molecular formula is C17H16N6O2. The summed E-state index contributed by atoms with van der Waals surface area (Å²) in [6, 6.07) is 10.6. The van der Waals surface area contributed by atoms with Crippen LogP contribution in [0.15, 0.2) is 55.0 Å². The van der Waals surface area contributed by atoms with Gasteiger partial charge in [-0.15, -0.1) is 5.10 Å². The lowest BCUT2D eigenvalue weighted by atomic mass is 10.2. The number of methoxy groups -OCH3 is 1. The maximum absolute atomic E-state index is 11.4. The number of ether oxygens (including phenoxy) is 1. The Morgan fingerprint density at radius 2 is 1.88 bits per heavy atom. The highest BCUT2D eigenvalue weighted by Gasteiger charge is 2.06. The summed E-state index contributed by atoms with van der Waals surface area (Å²) in [4.78, 5) is 19.8. The van der Waals surface area contributed by atoms with Crippen molar-refractivity contribution >= 4 is 23.4 Å². The van der Waals surface area contributed by atoms with E-state index in [4.69, 9.17) is 0 Å². The summed E-state index contributed by atoms with van der Waals surface area (Å²) in [6.45, 7) is 0.606. The molecule has 2 aromatic heterocycles. The van der Waals surface area contributed by atoms with Gasteiger partial charge in [0, 0.05) is 24.6 Å². The Labute approximate surface area is 144 Å². The average molecular weight is 336 g/mol. The number of carbonyl (C=O) groups excluding carboxylic acids is 1. The van der Waals surface area contributed by atoms with Crippen molar-refractivity contribution in [3.05, 3.63) is 66.1 Å². The molecule has 8 heteroatoms. The van der Waals surface area contributed by atoms with Gasteiger partial charge in [-0.2, -0.15) is 10.1 Å². The van der Waals surface area contributed by atoms with E-state index >= 15 is 0 Å². The molecule has 0 atom stereocenters. The number of anilines is 3. The molecule has 2 heterocycles. The molecule has 0 aliphatic heterocycles. The first-order chi connectivity index (χ1) is 12.2. The molecule has 0 radical (unpaired) electrons. The van der Waals surface area contributed by atoms with Crippen molar-refractivity contribution in [2.45, 2.75) is 6.54 Å². The third-order valence-corrected chi connectivity index (χ3v) is 3.34. The van der Waals surface area contributed by atoms with Gasteiger partial charge in [-0.05, 0) is 42.0 Å². The lowest BCUT2D eigenvalue weighted by Crippen LogP contribution is -2.06. The number of aromatic nitrogens is 4. The van der Waals surface area contributed by atoms with Gasteiger partial charge in [0.25, 0.3) is 0 Å². The summed E-state index contributed by atoms with van der Waals surface area (Å²) in [7, 11) is 1.35. The summed E-state index contributed by atoms with van der Waals surface area (Å²) >= 11 is 0. The Balaban J connectivity index is 1.64. The number of carbonyl (C=O) groups is 1. The highest BCUT2D eigenvalue weighted by atomic mass is 16.5. The second-order valence-corrected chi connectivity index (χ2v) is 5.07. The monoisotopic (exact) mass is 336 g/mol. The molecule has 0 saturated carbocycles. The van der Waals surface area contributed by atoms with Crippen LogP contribution < -0.4 is 10.6 Å². The van der Waals surface area contributed by atoms with E-state index in [2.05, 4.69) is 35.5 Å². The number of hydrogen-bond acceptors (Lipinski definition) is 8. The van der Waals surface area contributed by atoms with Crippen molar-refractivity contribution in [3.8, 4) is 0 Å². The Bertz CT molecular complexity index is 839. The molecule has 0 spiro atoms. The first kappa shape index (κ1) is 16.3. The molecule has 2 N–H and O–H groups in total. The number of nitrogens with zero attached hydrogens (tertiary/aromatic N) is 4. The molecule has 3 aromatic rings. The van der Waals surface area contributed by atoms with Crippen LogP contribution in [0, 0.1) is 0 Å². The van der Waals surface area contributed by atoms with Crippen molar-refractivity contribution < 1.29 is 9.53 Å². The van der Waals surface area contributed by atoms with Crippen LogP contribution in [0.4, 0.5) is 17.5 Å². The van der Waals surface area contributed by atoms with E-state index in [1.54, 1.807) is 42.9 Å². The van der Waals surface area contributed by atoms with Crippen LogP contribution in [0.1, 0.15) is 15.9 Å². The average Bonchev–Trinajstić information content (AvgIpc) is 2.67. The van der Waals surface area contributed by atoms with Gasteiger partial charge in [0.2, 0.25) is 5.95 Å². The lowest BCUT2D eigenvalue weighted by Gasteiger charge is -2.08. The number of hydrogen-bond donors (Lipinski definition) is 2. The number of nitrogens with one attached hydrogen (secondary N) is 2. The van der Waals surface area contributed by atoms with Crippen LogP contribution in [0.25, 0.3) is 0 Å². The Morgan fingerprint density at radius 1 is 1.12 bits per heavy atom. The number of benzene rings is 1. The van der Waals surface area contributed by atoms with Crippen LogP contribution in [0.5, 0.6) is 0 Å². The van der Waals surface area contributed by atoms with E-state index in [1.807, 2.05) is 12.1 Å². The van der Waals surface area contributed by atoms with Crippen LogP contribution in [0.2, 0.25) is 0 Å². The van der Waals surface area contributed by atoms with E-state index in [-0.39, 0.29) is 5.97 Å². The highest BCUT2D eigenvalue weighted by Crippen LogP contribution is 2.15. The molecule has 0 aliphatic carbocycles. The predicted molar refractivity (Wildman–Crippen MR) is 92.5 cm³/mol. The molecule has 126 valence electrons. The molecule has 0 saturated heterocycles. The van der Waals surface area contributed by atoms with E-state index in [0.29, 0.717) is 23.9 Å². The van der Waals surface area contributed by atoms with Crippen LogP contribution >= 0.6 is 0 Å². The smallest absolute Gasteiger partial charge is 0.337 e. The van der Waals surface area contributed by atoms with Gasteiger partial charge < -0.3 is 15.4 Å². The van der Waals surface area contributed by atoms with E-state index in [9.17, 15) is 4.79 Å². The van der Waals surface area contributed by atoms with Crippen molar-refractivity contribution in [1.29, 1.82) is 0 Å². The summed E-state index contributed by atoms with van der Waals surface area (Å²) in [5.74, 6) is 0.567. The molecule has 0 aliphatic rings. The lowest BCUT2D eigenvalue weighted by molar-refractivity contribution is 0.0601. The summed E-state index contributed by atoms with van der Waals surface area (Å²) in [5, 5.41) is 14.1. The van der Waals surface area contributed by atoms with Gasteiger partial charge in [0.05, 0.1) is 18.9 Å². The molecule has 3 rings (SSSR count). The van der Waals surface area contributed by atoms with Crippen LogP contribution in [0.3, 0.4) is 0 Å². The van der Waals surface area contributed by atoms with E-state index in [0.717, 1.165) is 11.3 Å². The van der Waals surface area contributed by atoms with Crippen molar-refractivity contribution in [2.24, 2.45) is 0 Å². The normalized spacial score (nSPS) is 10.1. The zero-order valence-electron chi connectivity index (χ0n) is 13.5. The van der Waals surface area contributed by atoms with Crippen molar-refractivity contribution in [2.75, 3.05) is 17.7 Å². The van der Waals surface area contributed by atoms with Crippen molar-refractivity contribution in [3.63, 3.8) is 0 Å². The summed E-state index contributed by atoms with van der Waals surface area (Å²) in [6.07, 6.45) is 5.02. The largest absolute Gasteiger partial charge is 0.465 e. The fourth-order valence-corrected chi connectivity index (χ4v) is 2.07. The fraction of sp³-hybridized carbons (Fsp3) is 0.118. The fourth-order valence-electron chi connectivity index (χ4n) is 2.07. The minimum atomic E-state index is -0.383. The highest BCUT2D eigenvalue weighted by molar-refractivity contribution is 5.89. The molecule has 0 amide bonds. The molecule has 1 aromatic carbocycles. The second-order valence-electron chi connectivity index (χ2n) is 5.07. The first-order valence-corrected chi connectivity index (χ1v) is 7.52. The third kappa shape index (κ3) is 4.47. The van der Waals surface area contributed by atoms with Crippen LogP contribution in [-0.4, -0.2) is 33.2 Å². The standard InChI is InChI=1S/C17H16N6O2/c1-25-16(24)13-2-4-14(5-3-13)21-17-22-15(11-20-23-17)19-10-12-6-8-18-9-7-12/h2-9,11H,10H2,1H3,(H2,19,21,22,23). The quantitative estimate of drug-likeness (QED) is 0.662. The maximum Gasteiger partial charge on any atom is 0.337 e.